The van der Waals surface area contributed by atoms with E-state index in [2.05, 4.69) is 0 Å². The molecule has 0 radical (unpaired) electrons. The Morgan fingerprint density at radius 2 is 1.31 bits per heavy atom. The lowest BCUT2D eigenvalue weighted by atomic mass is 9.84. The Kier molecular flexibility index (Phi) is 5.13. The fourth-order valence-corrected chi connectivity index (χ4v) is 3.53. The lowest BCUT2D eigenvalue weighted by Gasteiger charge is -2.38. The Labute approximate surface area is 152 Å². The minimum absolute atomic E-state index is 0.212. The first-order chi connectivity index (χ1) is 12.2. The molecule has 2 nitrogen and oxygen atoms in total. The van der Waals surface area contributed by atoms with Gasteiger partial charge in [-0.2, -0.15) is 13.2 Å². The van der Waals surface area contributed by atoms with Gasteiger partial charge in [0.1, 0.15) is 0 Å². The van der Waals surface area contributed by atoms with Crippen LogP contribution in [0.1, 0.15) is 30.9 Å². The third-order valence-electron chi connectivity index (χ3n) is 5.46. The molecule has 2 aromatic rings. The van der Waals surface area contributed by atoms with Crippen molar-refractivity contribution in [1.82, 2.24) is 4.90 Å². The minimum atomic E-state index is -4.63. The van der Waals surface area contributed by atoms with Gasteiger partial charge in [-0.1, -0.05) is 60.7 Å². The van der Waals surface area contributed by atoms with Crippen LogP contribution in [0.5, 0.6) is 0 Å². The summed E-state index contributed by atoms with van der Waals surface area (Å²) in [5, 5.41) is 10.3. The van der Waals surface area contributed by atoms with Crippen molar-refractivity contribution in [2.75, 3.05) is 6.54 Å². The van der Waals surface area contributed by atoms with E-state index in [0.29, 0.717) is 25.9 Å². The lowest BCUT2D eigenvalue weighted by molar-refractivity contribution is -0.279. The van der Waals surface area contributed by atoms with Gasteiger partial charge in [0.2, 0.25) is 0 Å². The molecule has 3 rings (SSSR count). The summed E-state index contributed by atoms with van der Waals surface area (Å²) in [5.74, 6) is 0. The lowest BCUT2D eigenvalue weighted by Crippen LogP contribution is -2.53. The third kappa shape index (κ3) is 3.94. The van der Waals surface area contributed by atoms with Crippen molar-refractivity contribution in [2.45, 2.75) is 44.6 Å². The fraction of sp³-hybridized carbons (Fsp3) is 0.429. The summed E-state index contributed by atoms with van der Waals surface area (Å²) in [6.45, 7) is 2.23. The maximum absolute atomic E-state index is 13.4. The second-order valence-corrected chi connectivity index (χ2v) is 7.47. The van der Waals surface area contributed by atoms with Crippen LogP contribution < -0.4 is 0 Å². The van der Waals surface area contributed by atoms with Crippen LogP contribution in [0.2, 0.25) is 0 Å². The summed E-state index contributed by atoms with van der Waals surface area (Å²) in [4.78, 5) is 2.01. The van der Waals surface area contributed by atoms with E-state index < -0.39 is 17.2 Å². The van der Waals surface area contributed by atoms with Crippen LogP contribution in [0.15, 0.2) is 60.7 Å². The largest absolute Gasteiger partial charge is 0.417 e. The SMILES string of the molecule is CC(O)(C(F)(F)F)C1(CN(Cc2ccccc2)Cc2ccccc2)CC1. The molecule has 2 aromatic carbocycles. The molecule has 0 aliphatic heterocycles. The summed E-state index contributed by atoms with van der Waals surface area (Å²) in [6, 6.07) is 19.4. The third-order valence-corrected chi connectivity index (χ3v) is 5.46. The van der Waals surface area contributed by atoms with E-state index in [1.165, 1.54) is 0 Å². The van der Waals surface area contributed by atoms with Crippen LogP contribution in [-0.2, 0) is 13.1 Å². The molecule has 140 valence electrons. The molecule has 1 saturated carbocycles. The molecule has 1 aliphatic rings. The van der Waals surface area contributed by atoms with Gasteiger partial charge in [-0.25, -0.2) is 0 Å². The molecule has 5 heteroatoms. The van der Waals surface area contributed by atoms with Gasteiger partial charge in [-0.3, -0.25) is 4.90 Å². The number of hydrogen-bond donors (Lipinski definition) is 1. The van der Waals surface area contributed by atoms with Crippen LogP contribution in [0.3, 0.4) is 0 Å². The molecule has 0 heterocycles. The van der Waals surface area contributed by atoms with Gasteiger partial charge in [0.05, 0.1) is 0 Å². The molecule has 1 N–H and O–H groups in total. The Morgan fingerprint density at radius 1 is 0.885 bits per heavy atom. The molecule has 0 spiro atoms. The molecular formula is C21H24F3NO. The zero-order valence-corrected chi connectivity index (χ0v) is 14.8. The molecule has 0 bridgehead atoms. The monoisotopic (exact) mass is 363 g/mol. The highest BCUT2D eigenvalue weighted by Crippen LogP contribution is 2.59. The molecule has 1 unspecified atom stereocenters. The maximum Gasteiger partial charge on any atom is 0.417 e. The molecule has 1 atom stereocenters. The Balaban J connectivity index is 1.81. The second-order valence-electron chi connectivity index (χ2n) is 7.47. The zero-order valence-electron chi connectivity index (χ0n) is 14.8. The number of halogens is 3. The highest BCUT2D eigenvalue weighted by atomic mass is 19.4. The first-order valence-corrected chi connectivity index (χ1v) is 8.83. The standard InChI is InChI=1S/C21H24F3NO/c1-19(26,21(22,23)24)20(12-13-20)16-25(14-17-8-4-2-5-9-17)15-18-10-6-3-7-11-18/h2-11,26H,12-16H2,1H3. The predicted molar refractivity (Wildman–Crippen MR) is 95.3 cm³/mol. The molecule has 0 aromatic heterocycles. The Bertz CT molecular complexity index is 668. The van der Waals surface area contributed by atoms with Crippen LogP contribution >= 0.6 is 0 Å². The van der Waals surface area contributed by atoms with Crippen LogP contribution in [0.4, 0.5) is 13.2 Å². The van der Waals surface area contributed by atoms with Gasteiger partial charge in [0.25, 0.3) is 0 Å². The summed E-state index contributed by atoms with van der Waals surface area (Å²) < 4.78 is 40.2. The van der Waals surface area contributed by atoms with Gasteiger partial charge in [0, 0.05) is 25.0 Å². The quantitative estimate of drug-likeness (QED) is 0.765. The molecule has 1 fully saturated rings. The molecule has 26 heavy (non-hydrogen) atoms. The van der Waals surface area contributed by atoms with Gasteiger partial charge in [0.15, 0.2) is 5.60 Å². The zero-order chi connectivity index (χ0) is 18.8. The van der Waals surface area contributed by atoms with Crippen LogP contribution in [0.25, 0.3) is 0 Å². The summed E-state index contributed by atoms with van der Waals surface area (Å²) >= 11 is 0. The number of nitrogens with zero attached hydrogens (tertiary/aromatic N) is 1. The molecule has 0 saturated heterocycles. The summed E-state index contributed by atoms with van der Waals surface area (Å²) in [7, 11) is 0. The number of alkyl halides is 3. The average Bonchev–Trinajstić information content (AvgIpc) is 3.37. The van der Waals surface area contributed by atoms with E-state index in [1.807, 2.05) is 65.6 Å². The number of aliphatic hydroxyl groups is 1. The normalized spacial score (nSPS) is 18.5. The molecular weight excluding hydrogens is 339 g/mol. The first-order valence-electron chi connectivity index (χ1n) is 8.83. The minimum Gasteiger partial charge on any atom is -0.380 e. The highest BCUT2D eigenvalue weighted by molar-refractivity contribution is 5.18. The fourth-order valence-electron chi connectivity index (χ4n) is 3.53. The highest BCUT2D eigenvalue weighted by Gasteiger charge is 2.68. The van der Waals surface area contributed by atoms with Gasteiger partial charge < -0.3 is 5.11 Å². The van der Waals surface area contributed by atoms with Crippen LogP contribution in [-0.4, -0.2) is 28.3 Å². The number of hydrogen-bond acceptors (Lipinski definition) is 2. The Morgan fingerprint density at radius 3 is 1.65 bits per heavy atom. The van der Waals surface area contributed by atoms with Crippen molar-refractivity contribution < 1.29 is 18.3 Å². The molecule has 0 amide bonds. The van der Waals surface area contributed by atoms with Crippen molar-refractivity contribution >= 4 is 0 Å². The second kappa shape index (κ2) is 7.05. The summed E-state index contributed by atoms with van der Waals surface area (Å²) in [6.07, 6.45) is -3.85. The average molecular weight is 363 g/mol. The molecule has 1 aliphatic carbocycles. The van der Waals surface area contributed by atoms with Crippen molar-refractivity contribution in [3.05, 3.63) is 71.8 Å². The smallest absolute Gasteiger partial charge is 0.380 e. The van der Waals surface area contributed by atoms with Crippen molar-refractivity contribution in [1.29, 1.82) is 0 Å². The van der Waals surface area contributed by atoms with Crippen molar-refractivity contribution in [3.63, 3.8) is 0 Å². The predicted octanol–water partition coefficient (Wildman–Crippen LogP) is 4.78. The van der Waals surface area contributed by atoms with Crippen molar-refractivity contribution in [2.24, 2.45) is 5.41 Å². The number of rotatable bonds is 7. The topological polar surface area (TPSA) is 23.5 Å². The summed E-state index contributed by atoms with van der Waals surface area (Å²) in [5.41, 5.74) is -1.71. The van der Waals surface area contributed by atoms with Gasteiger partial charge in [-0.05, 0) is 30.9 Å². The van der Waals surface area contributed by atoms with Crippen LogP contribution in [0, 0.1) is 5.41 Å². The van der Waals surface area contributed by atoms with Gasteiger partial charge >= 0.3 is 6.18 Å². The van der Waals surface area contributed by atoms with E-state index >= 15 is 0 Å². The van der Waals surface area contributed by atoms with E-state index in [9.17, 15) is 18.3 Å². The van der Waals surface area contributed by atoms with E-state index in [-0.39, 0.29) is 6.54 Å². The Hall–Kier alpha value is -1.85. The van der Waals surface area contributed by atoms with E-state index in [4.69, 9.17) is 0 Å². The van der Waals surface area contributed by atoms with E-state index in [0.717, 1.165) is 18.1 Å². The van der Waals surface area contributed by atoms with E-state index in [1.54, 1.807) is 0 Å². The van der Waals surface area contributed by atoms with Gasteiger partial charge in [-0.15, -0.1) is 0 Å². The first kappa shape index (κ1) is 18.9. The maximum atomic E-state index is 13.4. The number of benzene rings is 2. The van der Waals surface area contributed by atoms with Crippen molar-refractivity contribution in [3.8, 4) is 0 Å².